The van der Waals surface area contributed by atoms with Gasteiger partial charge in [-0.1, -0.05) is 72.0 Å². The van der Waals surface area contributed by atoms with E-state index in [2.05, 4.69) is 40.7 Å². The molecule has 4 aliphatic rings. The van der Waals surface area contributed by atoms with Crippen molar-refractivity contribution in [2.45, 2.75) is 155 Å². The second-order valence-electron chi connectivity index (χ2n) is 15.4. The predicted octanol–water partition coefficient (Wildman–Crippen LogP) is 8.55. The van der Waals surface area contributed by atoms with Gasteiger partial charge < -0.3 is 15.3 Å². The van der Waals surface area contributed by atoms with Gasteiger partial charge in [-0.3, -0.25) is 4.79 Å². The summed E-state index contributed by atoms with van der Waals surface area (Å²) < 4.78 is 0. The largest absolute Gasteiger partial charge is 0.481 e. The summed E-state index contributed by atoms with van der Waals surface area (Å²) in [7, 11) is 0. The lowest BCUT2D eigenvalue weighted by atomic mass is 9.46. The monoisotopic (exact) mass is 544 g/mol. The van der Waals surface area contributed by atoms with Gasteiger partial charge in [-0.25, -0.2) is 0 Å². The molecular weight excluding hydrogens is 484 g/mol. The molecule has 4 nitrogen and oxygen atoms in total. The minimum Gasteiger partial charge on any atom is -0.481 e. The summed E-state index contributed by atoms with van der Waals surface area (Å²) in [5.74, 6) is 3.54. The molecule has 0 spiro atoms. The van der Waals surface area contributed by atoms with Crippen molar-refractivity contribution in [3.63, 3.8) is 0 Å². The average Bonchev–Trinajstić information content (AvgIpc) is 3.24. The van der Waals surface area contributed by atoms with Gasteiger partial charge in [-0.15, -0.1) is 0 Å². The Hall–Kier alpha value is -0.870. The van der Waals surface area contributed by atoms with Gasteiger partial charge in [0.25, 0.3) is 0 Å². The Morgan fingerprint density at radius 1 is 0.949 bits per heavy atom. The molecule has 0 aliphatic heterocycles. The number of unbranched alkanes of at least 4 members (excludes halogenated alkanes) is 4. The molecule has 0 radical (unpaired) electrons. The third kappa shape index (κ3) is 6.63. The van der Waals surface area contributed by atoms with E-state index in [0.29, 0.717) is 17.3 Å². The highest BCUT2D eigenvalue weighted by atomic mass is 16.4. The summed E-state index contributed by atoms with van der Waals surface area (Å²) in [6.07, 6.45) is 20.3. The maximum atomic E-state index is 11.6. The molecule has 4 rings (SSSR count). The quantitative estimate of drug-likeness (QED) is 0.160. The Morgan fingerprint density at radius 2 is 1.67 bits per heavy atom. The summed E-state index contributed by atoms with van der Waals surface area (Å²) in [4.78, 5) is 10.7. The van der Waals surface area contributed by atoms with Crippen molar-refractivity contribution in [3.05, 3.63) is 11.6 Å². The SMILES string of the molecule is CC(C)C(O)CC[C@@H](C)[C@H]1CC[C@H]2[C@@H]3CC=C4C[C@](O)(CCCCCCCC(=O)O)CC[C@]4(C)[C@H]3CC[C@]12C. The van der Waals surface area contributed by atoms with Crippen molar-refractivity contribution in [2.75, 3.05) is 0 Å². The molecule has 9 atom stereocenters. The summed E-state index contributed by atoms with van der Waals surface area (Å²) in [6.45, 7) is 11.9. The zero-order chi connectivity index (χ0) is 28.4. The standard InChI is InChI=1S/C35H60O4/c1-24(2)31(36)17-12-25(3)28-15-16-29-27-14-13-26-23-35(39,19-10-8-6-7-9-11-32(37)38)22-21-33(26,4)30(27)18-20-34(28,29)5/h13,24-25,27-31,36,39H,6-12,14-23H2,1-5H3,(H,37,38)/t25-,27+,28-,29+,30+,31?,33+,34-,35+/m1/s1. The number of carboxylic acid groups (broad SMARTS) is 1. The van der Waals surface area contributed by atoms with Crippen LogP contribution in [0.15, 0.2) is 11.6 Å². The van der Waals surface area contributed by atoms with Gasteiger partial charge in [0.2, 0.25) is 0 Å². The fourth-order valence-electron chi connectivity index (χ4n) is 10.1. The zero-order valence-electron chi connectivity index (χ0n) is 25.9. The molecule has 224 valence electrons. The topological polar surface area (TPSA) is 77.8 Å². The highest BCUT2D eigenvalue weighted by Gasteiger charge is 2.59. The van der Waals surface area contributed by atoms with E-state index in [4.69, 9.17) is 5.11 Å². The first-order valence-corrected chi connectivity index (χ1v) is 16.7. The molecule has 0 bridgehead atoms. The zero-order valence-corrected chi connectivity index (χ0v) is 25.9. The molecule has 3 N–H and O–H groups in total. The molecule has 0 aromatic carbocycles. The summed E-state index contributed by atoms with van der Waals surface area (Å²) in [5, 5.41) is 30.8. The number of hydrogen-bond acceptors (Lipinski definition) is 3. The Morgan fingerprint density at radius 3 is 2.38 bits per heavy atom. The number of carbonyl (C=O) groups is 1. The van der Waals surface area contributed by atoms with Crippen LogP contribution in [0.4, 0.5) is 0 Å². The molecule has 0 aromatic rings. The Kier molecular flexibility index (Phi) is 10.0. The van der Waals surface area contributed by atoms with Crippen LogP contribution in [0.25, 0.3) is 0 Å². The number of carboxylic acids is 1. The molecule has 4 heteroatoms. The first-order chi connectivity index (χ1) is 18.4. The van der Waals surface area contributed by atoms with Crippen LogP contribution in [-0.2, 0) is 4.79 Å². The average molecular weight is 545 g/mol. The van der Waals surface area contributed by atoms with Crippen molar-refractivity contribution >= 4 is 5.97 Å². The van der Waals surface area contributed by atoms with Gasteiger partial charge in [0, 0.05) is 6.42 Å². The lowest BCUT2D eigenvalue weighted by Crippen LogP contribution is -2.52. The van der Waals surface area contributed by atoms with Gasteiger partial charge in [0.15, 0.2) is 0 Å². The maximum absolute atomic E-state index is 11.6. The van der Waals surface area contributed by atoms with Crippen molar-refractivity contribution in [2.24, 2.45) is 46.3 Å². The van der Waals surface area contributed by atoms with Crippen LogP contribution in [0.5, 0.6) is 0 Å². The molecule has 3 fully saturated rings. The normalized spacial score (nSPS) is 39.4. The Labute approximate surface area is 239 Å². The lowest BCUT2D eigenvalue weighted by Gasteiger charge is -2.59. The van der Waals surface area contributed by atoms with Crippen molar-refractivity contribution in [1.82, 2.24) is 0 Å². The van der Waals surface area contributed by atoms with Gasteiger partial charge in [0.1, 0.15) is 0 Å². The molecule has 0 saturated heterocycles. The van der Waals surface area contributed by atoms with Gasteiger partial charge in [-0.05, 0) is 123 Å². The minimum absolute atomic E-state index is 0.163. The van der Waals surface area contributed by atoms with E-state index in [0.717, 1.165) is 94.3 Å². The van der Waals surface area contributed by atoms with Crippen molar-refractivity contribution in [3.8, 4) is 0 Å². The smallest absolute Gasteiger partial charge is 0.303 e. The molecule has 0 aromatic heterocycles. The van der Waals surface area contributed by atoms with Gasteiger partial charge in [0.05, 0.1) is 11.7 Å². The molecule has 39 heavy (non-hydrogen) atoms. The fourth-order valence-corrected chi connectivity index (χ4v) is 10.1. The number of hydrogen-bond donors (Lipinski definition) is 3. The van der Waals surface area contributed by atoms with E-state index in [-0.39, 0.29) is 17.9 Å². The second-order valence-corrected chi connectivity index (χ2v) is 15.4. The predicted molar refractivity (Wildman–Crippen MR) is 159 cm³/mol. The van der Waals surface area contributed by atoms with E-state index in [9.17, 15) is 15.0 Å². The summed E-state index contributed by atoms with van der Waals surface area (Å²) >= 11 is 0. The van der Waals surface area contributed by atoms with Crippen LogP contribution in [0.1, 0.15) is 144 Å². The summed E-state index contributed by atoms with van der Waals surface area (Å²) in [5.41, 5.74) is 1.73. The molecular formula is C35H60O4. The van der Waals surface area contributed by atoms with Crippen LogP contribution in [0, 0.1) is 46.3 Å². The van der Waals surface area contributed by atoms with Crippen LogP contribution >= 0.6 is 0 Å². The van der Waals surface area contributed by atoms with E-state index >= 15 is 0 Å². The number of rotatable bonds is 13. The minimum atomic E-state index is -0.694. The van der Waals surface area contributed by atoms with E-state index in [1.54, 1.807) is 5.57 Å². The number of fused-ring (bicyclic) bond motifs is 5. The van der Waals surface area contributed by atoms with Crippen molar-refractivity contribution < 1.29 is 20.1 Å². The molecule has 0 amide bonds. The van der Waals surface area contributed by atoms with E-state index in [1.165, 1.54) is 32.1 Å². The van der Waals surface area contributed by atoms with Gasteiger partial charge >= 0.3 is 5.97 Å². The third-order valence-electron chi connectivity index (χ3n) is 12.7. The van der Waals surface area contributed by atoms with Gasteiger partial charge in [-0.2, -0.15) is 0 Å². The molecule has 0 heterocycles. The van der Waals surface area contributed by atoms with Crippen LogP contribution < -0.4 is 0 Å². The number of allylic oxidation sites excluding steroid dienone is 1. The molecule has 1 unspecified atom stereocenters. The van der Waals surface area contributed by atoms with Crippen molar-refractivity contribution in [1.29, 1.82) is 0 Å². The fraction of sp³-hybridized carbons (Fsp3) is 0.914. The highest BCUT2D eigenvalue weighted by Crippen LogP contribution is 2.68. The summed E-state index contributed by atoms with van der Waals surface area (Å²) in [6, 6.07) is 0. The van der Waals surface area contributed by atoms with Crippen LogP contribution in [0.2, 0.25) is 0 Å². The second kappa shape index (κ2) is 12.6. The third-order valence-corrected chi connectivity index (χ3v) is 12.7. The van der Waals surface area contributed by atoms with Crippen LogP contribution in [0.3, 0.4) is 0 Å². The number of aliphatic hydroxyl groups is 2. The molecule has 4 aliphatic carbocycles. The first-order valence-electron chi connectivity index (χ1n) is 16.7. The Bertz CT molecular complexity index is 865. The lowest BCUT2D eigenvalue weighted by molar-refractivity contribution is -0.137. The number of aliphatic carboxylic acids is 1. The molecule has 3 saturated carbocycles. The maximum Gasteiger partial charge on any atom is 0.303 e. The van der Waals surface area contributed by atoms with E-state index < -0.39 is 11.6 Å². The highest BCUT2D eigenvalue weighted by molar-refractivity contribution is 5.66. The first kappa shape index (κ1) is 31.1. The van der Waals surface area contributed by atoms with E-state index in [1.807, 2.05) is 0 Å². The Balaban J connectivity index is 1.34. The van der Waals surface area contributed by atoms with Crippen LogP contribution in [-0.4, -0.2) is 33.0 Å². The number of aliphatic hydroxyl groups excluding tert-OH is 1.